The SMILES string of the molecule is Cc1c(Cl)cccc1NC(=O)CN(C)CC1CCCCO1. The monoisotopic (exact) mass is 310 g/mol. The van der Waals surface area contributed by atoms with Gasteiger partial charge in [-0.25, -0.2) is 0 Å². The molecule has 1 amide bonds. The Balaban J connectivity index is 1.82. The summed E-state index contributed by atoms with van der Waals surface area (Å²) < 4.78 is 5.69. The quantitative estimate of drug-likeness (QED) is 0.908. The van der Waals surface area contributed by atoms with E-state index in [2.05, 4.69) is 5.32 Å². The van der Waals surface area contributed by atoms with Crippen LogP contribution >= 0.6 is 11.6 Å². The number of likely N-dealkylation sites (N-methyl/N-ethyl adjacent to an activating group) is 1. The number of carbonyl (C=O) groups is 1. The molecular weight excluding hydrogens is 288 g/mol. The van der Waals surface area contributed by atoms with E-state index < -0.39 is 0 Å². The minimum absolute atomic E-state index is 0.0290. The smallest absolute Gasteiger partial charge is 0.238 e. The highest BCUT2D eigenvalue weighted by molar-refractivity contribution is 6.31. The zero-order valence-corrected chi connectivity index (χ0v) is 13.4. The van der Waals surface area contributed by atoms with Gasteiger partial charge in [-0.3, -0.25) is 9.69 Å². The van der Waals surface area contributed by atoms with Crippen molar-refractivity contribution in [2.75, 3.05) is 32.1 Å². The molecule has 1 unspecified atom stereocenters. The molecule has 1 atom stereocenters. The highest BCUT2D eigenvalue weighted by atomic mass is 35.5. The van der Waals surface area contributed by atoms with Crippen LogP contribution in [-0.4, -0.2) is 43.7 Å². The number of hydrogen-bond donors (Lipinski definition) is 1. The summed E-state index contributed by atoms with van der Waals surface area (Å²) >= 11 is 6.05. The molecule has 116 valence electrons. The molecule has 1 aliphatic rings. The second-order valence-electron chi connectivity index (χ2n) is 5.65. The molecule has 1 fully saturated rings. The van der Waals surface area contributed by atoms with Gasteiger partial charge in [-0.15, -0.1) is 0 Å². The largest absolute Gasteiger partial charge is 0.377 e. The van der Waals surface area contributed by atoms with Gasteiger partial charge in [0.1, 0.15) is 0 Å². The zero-order valence-electron chi connectivity index (χ0n) is 12.7. The van der Waals surface area contributed by atoms with Crippen LogP contribution in [0.25, 0.3) is 0 Å². The molecule has 1 aromatic rings. The van der Waals surface area contributed by atoms with Crippen molar-refractivity contribution >= 4 is 23.2 Å². The number of rotatable bonds is 5. The van der Waals surface area contributed by atoms with Crippen molar-refractivity contribution in [2.24, 2.45) is 0 Å². The van der Waals surface area contributed by atoms with Crippen LogP contribution in [0.15, 0.2) is 18.2 Å². The Hall–Kier alpha value is -1.10. The highest BCUT2D eigenvalue weighted by Gasteiger charge is 2.17. The number of carbonyl (C=O) groups excluding carboxylic acids is 1. The predicted octanol–water partition coefficient (Wildman–Crippen LogP) is 3.09. The van der Waals surface area contributed by atoms with Crippen molar-refractivity contribution in [2.45, 2.75) is 32.3 Å². The number of anilines is 1. The van der Waals surface area contributed by atoms with Gasteiger partial charge < -0.3 is 10.1 Å². The molecule has 1 saturated heterocycles. The van der Waals surface area contributed by atoms with Gasteiger partial charge in [-0.1, -0.05) is 17.7 Å². The molecule has 0 aliphatic carbocycles. The topological polar surface area (TPSA) is 41.6 Å². The van der Waals surface area contributed by atoms with Gasteiger partial charge in [-0.05, 0) is 50.9 Å². The number of hydrogen-bond acceptors (Lipinski definition) is 3. The molecule has 0 bridgehead atoms. The lowest BCUT2D eigenvalue weighted by Crippen LogP contribution is -2.37. The number of amides is 1. The van der Waals surface area contributed by atoms with Crippen molar-refractivity contribution < 1.29 is 9.53 Å². The van der Waals surface area contributed by atoms with E-state index in [1.807, 2.05) is 37.1 Å². The summed E-state index contributed by atoms with van der Waals surface area (Å²) in [7, 11) is 1.95. The Labute approximate surface area is 131 Å². The summed E-state index contributed by atoms with van der Waals surface area (Å²) in [5.74, 6) is -0.0290. The number of nitrogens with one attached hydrogen (secondary N) is 1. The highest BCUT2D eigenvalue weighted by Crippen LogP contribution is 2.22. The van der Waals surface area contributed by atoms with Crippen molar-refractivity contribution in [1.82, 2.24) is 4.90 Å². The lowest BCUT2D eigenvalue weighted by Gasteiger charge is -2.27. The fraction of sp³-hybridized carbons (Fsp3) is 0.562. The molecule has 1 aliphatic heterocycles. The van der Waals surface area contributed by atoms with Crippen molar-refractivity contribution in [3.05, 3.63) is 28.8 Å². The summed E-state index contributed by atoms with van der Waals surface area (Å²) in [6, 6.07) is 5.52. The third-order valence-corrected chi connectivity index (χ3v) is 4.15. The maximum absolute atomic E-state index is 12.1. The summed E-state index contributed by atoms with van der Waals surface area (Å²) in [6.07, 6.45) is 3.70. The standard InChI is InChI=1S/C16H23ClN2O2/c1-12-14(17)7-5-8-15(12)18-16(20)11-19(2)10-13-6-3-4-9-21-13/h5,7-8,13H,3-4,6,9-11H2,1-2H3,(H,18,20). The van der Waals surface area contributed by atoms with E-state index in [1.54, 1.807) is 0 Å². The summed E-state index contributed by atoms with van der Waals surface area (Å²) in [5, 5.41) is 3.58. The van der Waals surface area contributed by atoms with Crippen LogP contribution in [0.5, 0.6) is 0 Å². The van der Waals surface area contributed by atoms with Gasteiger partial charge >= 0.3 is 0 Å². The second kappa shape index (κ2) is 7.78. The number of ether oxygens (including phenoxy) is 1. The molecule has 0 spiro atoms. The Morgan fingerprint density at radius 2 is 2.29 bits per heavy atom. The molecule has 4 nitrogen and oxygen atoms in total. The maximum atomic E-state index is 12.1. The first-order chi connectivity index (χ1) is 10.1. The van der Waals surface area contributed by atoms with E-state index in [9.17, 15) is 4.79 Å². The van der Waals surface area contributed by atoms with Crippen LogP contribution in [0.1, 0.15) is 24.8 Å². The fourth-order valence-electron chi connectivity index (χ4n) is 2.54. The molecule has 5 heteroatoms. The first-order valence-electron chi connectivity index (χ1n) is 7.41. The van der Waals surface area contributed by atoms with E-state index in [1.165, 1.54) is 6.42 Å². The van der Waals surface area contributed by atoms with Gasteiger partial charge in [0, 0.05) is 23.9 Å². The minimum atomic E-state index is -0.0290. The van der Waals surface area contributed by atoms with Gasteiger partial charge in [-0.2, -0.15) is 0 Å². The number of halogens is 1. The first kappa shape index (κ1) is 16.3. The first-order valence-corrected chi connectivity index (χ1v) is 7.79. The Morgan fingerprint density at radius 3 is 3.00 bits per heavy atom. The lowest BCUT2D eigenvalue weighted by molar-refractivity contribution is -0.117. The van der Waals surface area contributed by atoms with Crippen LogP contribution in [0.2, 0.25) is 5.02 Å². The van der Waals surface area contributed by atoms with E-state index in [0.717, 1.165) is 37.2 Å². The van der Waals surface area contributed by atoms with E-state index in [4.69, 9.17) is 16.3 Å². The Kier molecular flexibility index (Phi) is 6.03. The van der Waals surface area contributed by atoms with E-state index in [0.29, 0.717) is 11.6 Å². The predicted molar refractivity (Wildman–Crippen MR) is 85.9 cm³/mol. The number of nitrogens with zero attached hydrogens (tertiary/aromatic N) is 1. The third kappa shape index (κ3) is 4.99. The molecule has 0 radical (unpaired) electrons. The third-order valence-electron chi connectivity index (χ3n) is 3.74. The summed E-state index contributed by atoms with van der Waals surface area (Å²) in [5.41, 5.74) is 1.67. The van der Waals surface area contributed by atoms with E-state index in [-0.39, 0.29) is 12.0 Å². The zero-order chi connectivity index (χ0) is 15.2. The van der Waals surface area contributed by atoms with Gasteiger partial charge in [0.15, 0.2) is 0 Å². The molecule has 2 rings (SSSR count). The Bertz CT molecular complexity index is 487. The van der Waals surface area contributed by atoms with E-state index >= 15 is 0 Å². The molecule has 1 heterocycles. The normalized spacial score (nSPS) is 18.8. The Morgan fingerprint density at radius 1 is 1.48 bits per heavy atom. The second-order valence-corrected chi connectivity index (χ2v) is 6.05. The van der Waals surface area contributed by atoms with Crippen LogP contribution in [0, 0.1) is 6.92 Å². The average molecular weight is 311 g/mol. The number of benzene rings is 1. The molecular formula is C16H23ClN2O2. The average Bonchev–Trinajstić information content (AvgIpc) is 2.44. The minimum Gasteiger partial charge on any atom is -0.377 e. The van der Waals surface area contributed by atoms with Crippen molar-refractivity contribution in [3.8, 4) is 0 Å². The molecule has 1 aromatic carbocycles. The van der Waals surface area contributed by atoms with Gasteiger partial charge in [0.2, 0.25) is 5.91 Å². The molecule has 21 heavy (non-hydrogen) atoms. The van der Waals surface area contributed by atoms with Gasteiger partial charge in [0.25, 0.3) is 0 Å². The summed E-state index contributed by atoms with van der Waals surface area (Å²) in [6.45, 7) is 3.89. The van der Waals surface area contributed by atoms with Gasteiger partial charge in [0.05, 0.1) is 12.6 Å². The lowest BCUT2D eigenvalue weighted by atomic mass is 10.1. The fourth-order valence-corrected chi connectivity index (χ4v) is 2.72. The van der Waals surface area contributed by atoms with Crippen LogP contribution in [0.3, 0.4) is 0 Å². The van der Waals surface area contributed by atoms with Crippen molar-refractivity contribution in [3.63, 3.8) is 0 Å². The summed E-state index contributed by atoms with van der Waals surface area (Å²) in [4.78, 5) is 14.1. The molecule has 0 saturated carbocycles. The van der Waals surface area contributed by atoms with Crippen LogP contribution < -0.4 is 5.32 Å². The van der Waals surface area contributed by atoms with Crippen LogP contribution in [0.4, 0.5) is 5.69 Å². The van der Waals surface area contributed by atoms with Crippen molar-refractivity contribution in [1.29, 1.82) is 0 Å². The van der Waals surface area contributed by atoms with Crippen LogP contribution in [-0.2, 0) is 9.53 Å². The molecule has 1 N–H and O–H groups in total. The maximum Gasteiger partial charge on any atom is 0.238 e. The molecule has 0 aromatic heterocycles.